The Morgan fingerprint density at radius 2 is 2.32 bits per heavy atom. The summed E-state index contributed by atoms with van der Waals surface area (Å²) in [6, 6.07) is 2.06. The van der Waals surface area contributed by atoms with Crippen molar-refractivity contribution < 1.29 is 4.74 Å². The Kier molecular flexibility index (Phi) is 4.72. The van der Waals surface area contributed by atoms with Crippen molar-refractivity contribution in [3.8, 4) is 5.88 Å². The van der Waals surface area contributed by atoms with Crippen molar-refractivity contribution in [3.63, 3.8) is 0 Å². The molecule has 0 fully saturated rings. The summed E-state index contributed by atoms with van der Waals surface area (Å²) in [5.41, 5.74) is 0. The van der Waals surface area contributed by atoms with E-state index in [1.54, 1.807) is 12.5 Å². The van der Waals surface area contributed by atoms with Gasteiger partial charge in [0, 0.05) is 31.0 Å². The molecule has 0 amide bonds. The van der Waals surface area contributed by atoms with E-state index in [2.05, 4.69) is 34.1 Å². The summed E-state index contributed by atoms with van der Waals surface area (Å²) in [7, 11) is 0. The lowest BCUT2D eigenvalue weighted by atomic mass is 10.3. The Hall–Kier alpha value is -2.11. The molecule has 0 saturated heterocycles. The van der Waals surface area contributed by atoms with Crippen LogP contribution in [0.25, 0.3) is 0 Å². The van der Waals surface area contributed by atoms with E-state index >= 15 is 0 Å². The molecule has 102 valence electrons. The van der Waals surface area contributed by atoms with Crippen LogP contribution in [-0.4, -0.2) is 32.2 Å². The van der Waals surface area contributed by atoms with Crippen molar-refractivity contribution in [2.75, 3.05) is 11.9 Å². The highest BCUT2D eigenvalue weighted by Gasteiger charge is 2.05. The number of anilines is 1. The fourth-order valence-corrected chi connectivity index (χ4v) is 1.71. The van der Waals surface area contributed by atoms with Gasteiger partial charge in [0.25, 0.3) is 0 Å². The number of hydrogen-bond acceptors (Lipinski definition) is 5. The van der Waals surface area contributed by atoms with Crippen LogP contribution in [0.1, 0.15) is 20.3 Å². The summed E-state index contributed by atoms with van der Waals surface area (Å²) in [6.07, 6.45) is 7.98. The van der Waals surface area contributed by atoms with E-state index in [0.717, 1.165) is 18.8 Å². The maximum atomic E-state index is 5.48. The van der Waals surface area contributed by atoms with Crippen molar-refractivity contribution >= 4 is 5.82 Å². The van der Waals surface area contributed by atoms with Crippen molar-refractivity contribution in [2.45, 2.75) is 32.9 Å². The second-order valence-corrected chi connectivity index (χ2v) is 4.39. The number of aromatic nitrogens is 4. The van der Waals surface area contributed by atoms with Crippen LogP contribution in [0.3, 0.4) is 0 Å². The number of nitrogens with zero attached hydrogens (tertiary/aromatic N) is 4. The van der Waals surface area contributed by atoms with Gasteiger partial charge in [0.15, 0.2) is 0 Å². The van der Waals surface area contributed by atoms with Crippen molar-refractivity contribution in [3.05, 3.63) is 31.1 Å². The second kappa shape index (κ2) is 6.72. The Balaban J connectivity index is 1.90. The Morgan fingerprint density at radius 1 is 1.42 bits per heavy atom. The molecule has 0 spiro atoms. The van der Waals surface area contributed by atoms with Gasteiger partial charge < -0.3 is 14.6 Å². The first-order valence-corrected chi connectivity index (χ1v) is 6.45. The predicted molar refractivity (Wildman–Crippen MR) is 73.1 cm³/mol. The molecule has 0 radical (unpaired) electrons. The fourth-order valence-electron chi connectivity index (χ4n) is 1.71. The highest BCUT2D eigenvalue weighted by molar-refractivity contribution is 5.37. The molecule has 2 aromatic rings. The maximum absolute atomic E-state index is 5.48. The minimum Gasteiger partial charge on any atom is -0.478 e. The van der Waals surface area contributed by atoms with E-state index in [0.29, 0.717) is 12.5 Å². The molecule has 19 heavy (non-hydrogen) atoms. The lowest BCUT2D eigenvalue weighted by Gasteiger charge is -2.15. The molecule has 0 aliphatic rings. The van der Waals surface area contributed by atoms with Crippen LogP contribution in [0.4, 0.5) is 5.82 Å². The smallest absolute Gasteiger partial charge is 0.218 e. The van der Waals surface area contributed by atoms with Crippen LogP contribution < -0.4 is 10.1 Å². The standard InChI is InChI=1S/C13H19N5O/c1-3-6-19-13-7-12(15-9-16-13)17-11(2)8-18-5-4-14-10-18/h4-5,7,9-11H,3,6,8H2,1-2H3,(H,15,16,17). The van der Waals surface area contributed by atoms with Crippen LogP contribution in [0.2, 0.25) is 0 Å². The molecule has 1 atom stereocenters. The third-order valence-corrected chi connectivity index (χ3v) is 2.53. The van der Waals surface area contributed by atoms with E-state index in [-0.39, 0.29) is 6.04 Å². The third kappa shape index (κ3) is 4.24. The minimum atomic E-state index is 0.239. The van der Waals surface area contributed by atoms with E-state index < -0.39 is 0 Å². The van der Waals surface area contributed by atoms with Gasteiger partial charge in [0.2, 0.25) is 5.88 Å². The normalized spacial score (nSPS) is 12.1. The summed E-state index contributed by atoms with van der Waals surface area (Å²) >= 11 is 0. The molecule has 6 heteroatoms. The van der Waals surface area contributed by atoms with Crippen LogP contribution in [0, 0.1) is 0 Å². The van der Waals surface area contributed by atoms with Crippen LogP contribution in [0.5, 0.6) is 5.88 Å². The quantitative estimate of drug-likeness (QED) is 0.825. The molecule has 1 unspecified atom stereocenters. The van der Waals surface area contributed by atoms with Crippen LogP contribution in [0.15, 0.2) is 31.1 Å². The average Bonchev–Trinajstić information content (AvgIpc) is 2.89. The first-order valence-electron chi connectivity index (χ1n) is 6.45. The molecule has 0 aliphatic carbocycles. The van der Waals surface area contributed by atoms with Gasteiger partial charge in [-0.2, -0.15) is 0 Å². The maximum Gasteiger partial charge on any atom is 0.218 e. The zero-order valence-corrected chi connectivity index (χ0v) is 11.3. The third-order valence-electron chi connectivity index (χ3n) is 2.53. The topological polar surface area (TPSA) is 64.9 Å². The van der Waals surface area contributed by atoms with E-state index in [1.165, 1.54) is 6.33 Å². The van der Waals surface area contributed by atoms with E-state index in [4.69, 9.17) is 4.74 Å². The zero-order valence-electron chi connectivity index (χ0n) is 11.3. The predicted octanol–water partition coefficient (Wildman–Crippen LogP) is 1.96. The SMILES string of the molecule is CCCOc1cc(NC(C)Cn2ccnc2)ncn1. The molecule has 0 saturated carbocycles. The summed E-state index contributed by atoms with van der Waals surface area (Å²) < 4.78 is 7.50. The van der Waals surface area contributed by atoms with Gasteiger partial charge in [-0.15, -0.1) is 0 Å². The van der Waals surface area contributed by atoms with Gasteiger partial charge >= 0.3 is 0 Å². The average molecular weight is 261 g/mol. The second-order valence-electron chi connectivity index (χ2n) is 4.39. The lowest BCUT2D eigenvalue weighted by Crippen LogP contribution is -2.22. The Labute approximate surface area is 112 Å². The lowest BCUT2D eigenvalue weighted by molar-refractivity contribution is 0.305. The summed E-state index contributed by atoms with van der Waals surface area (Å²) in [4.78, 5) is 12.3. The highest BCUT2D eigenvalue weighted by atomic mass is 16.5. The van der Waals surface area contributed by atoms with Crippen molar-refractivity contribution in [1.82, 2.24) is 19.5 Å². The van der Waals surface area contributed by atoms with Crippen molar-refractivity contribution in [1.29, 1.82) is 0 Å². The zero-order chi connectivity index (χ0) is 13.5. The van der Waals surface area contributed by atoms with Gasteiger partial charge in [-0.1, -0.05) is 6.92 Å². The molecule has 6 nitrogen and oxygen atoms in total. The molecular formula is C13H19N5O. The molecular weight excluding hydrogens is 242 g/mol. The summed E-state index contributed by atoms with van der Waals surface area (Å²) in [5.74, 6) is 1.38. The molecule has 1 N–H and O–H groups in total. The summed E-state index contributed by atoms with van der Waals surface area (Å²) in [6.45, 7) is 5.65. The number of imidazole rings is 1. The molecule has 0 aromatic carbocycles. The molecule has 2 aromatic heterocycles. The van der Waals surface area contributed by atoms with Gasteiger partial charge in [-0.05, 0) is 13.3 Å². The van der Waals surface area contributed by atoms with Gasteiger partial charge in [-0.3, -0.25) is 0 Å². The number of nitrogens with one attached hydrogen (secondary N) is 1. The fraction of sp³-hybridized carbons (Fsp3) is 0.462. The number of rotatable bonds is 7. The summed E-state index contributed by atoms with van der Waals surface area (Å²) in [5, 5.41) is 3.32. The molecule has 0 bridgehead atoms. The molecule has 2 heterocycles. The van der Waals surface area contributed by atoms with Crippen molar-refractivity contribution in [2.24, 2.45) is 0 Å². The van der Waals surface area contributed by atoms with Gasteiger partial charge in [-0.25, -0.2) is 15.0 Å². The monoisotopic (exact) mass is 261 g/mol. The Bertz CT molecular complexity index is 486. The number of hydrogen-bond donors (Lipinski definition) is 1. The Morgan fingerprint density at radius 3 is 3.05 bits per heavy atom. The largest absolute Gasteiger partial charge is 0.478 e. The molecule has 0 aliphatic heterocycles. The minimum absolute atomic E-state index is 0.239. The van der Waals surface area contributed by atoms with E-state index in [9.17, 15) is 0 Å². The first-order chi connectivity index (χ1) is 9.28. The van der Waals surface area contributed by atoms with E-state index in [1.807, 2.05) is 16.8 Å². The van der Waals surface area contributed by atoms with Gasteiger partial charge in [0.1, 0.15) is 12.1 Å². The highest BCUT2D eigenvalue weighted by Crippen LogP contribution is 2.12. The van der Waals surface area contributed by atoms with Crippen LogP contribution >= 0.6 is 0 Å². The van der Waals surface area contributed by atoms with Crippen LogP contribution in [-0.2, 0) is 6.54 Å². The molecule has 2 rings (SSSR count). The number of ether oxygens (including phenoxy) is 1. The first kappa shape index (κ1) is 13.3. The van der Waals surface area contributed by atoms with Gasteiger partial charge in [0.05, 0.1) is 12.9 Å².